The fourth-order valence-corrected chi connectivity index (χ4v) is 2.43. The van der Waals surface area contributed by atoms with Gasteiger partial charge >= 0.3 is 0 Å². The van der Waals surface area contributed by atoms with Crippen LogP contribution in [0.2, 0.25) is 0 Å². The lowest BCUT2D eigenvalue weighted by Crippen LogP contribution is -1.99. The van der Waals surface area contributed by atoms with Crippen LogP contribution in [0.25, 0.3) is 0 Å². The summed E-state index contributed by atoms with van der Waals surface area (Å²) >= 11 is 0. The van der Waals surface area contributed by atoms with Crippen molar-refractivity contribution in [3.63, 3.8) is 0 Å². The summed E-state index contributed by atoms with van der Waals surface area (Å²) in [7, 11) is 0. The van der Waals surface area contributed by atoms with Crippen molar-refractivity contribution >= 4 is 0 Å². The van der Waals surface area contributed by atoms with Crippen LogP contribution in [0.15, 0.2) is 42.5 Å². The first-order chi connectivity index (χ1) is 8.09. The van der Waals surface area contributed by atoms with Crippen molar-refractivity contribution in [1.29, 1.82) is 0 Å². The van der Waals surface area contributed by atoms with E-state index in [0.29, 0.717) is 5.75 Å². The Bertz CT molecular complexity index is 491. The molecule has 1 nitrogen and oxygen atoms in total. The summed E-state index contributed by atoms with van der Waals surface area (Å²) in [4.78, 5) is 0. The van der Waals surface area contributed by atoms with Gasteiger partial charge in [0.1, 0.15) is 5.75 Å². The van der Waals surface area contributed by atoms with Gasteiger partial charge in [0.2, 0.25) is 0 Å². The van der Waals surface area contributed by atoms with Crippen LogP contribution in [0.4, 0.5) is 0 Å². The predicted molar refractivity (Wildman–Crippen MR) is 71.5 cm³/mol. The quantitative estimate of drug-likeness (QED) is 0.815. The summed E-state index contributed by atoms with van der Waals surface area (Å²) in [6.45, 7) is 6.19. The van der Waals surface area contributed by atoms with E-state index in [1.807, 2.05) is 31.2 Å². The van der Waals surface area contributed by atoms with Crippen molar-refractivity contribution in [1.82, 2.24) is 0 Å². The van der Waals surface area contributed by atoms with Crippen LogP contribution in [0.1, 0.15) is 35.1 Å². The summed E-state index contributed by atoms with van der Waals surface area (Å²) < 4.78 is 0. The molecule has 0 spiro atoms. The van der Waals surface area contributed by atoms with E-state index in [2.05, 4.69) is 32.0 Å². The van der Waals surface area contributed by atoms with Crippen LogP contribution < -0.4 is 0 Å². The van der Waals surface area contributed by atoms with Crippen molar-refractivity contribution in [3.05, 3.63) is 64.7 Å². The fraction of sp³-hybridized carbons (Fsp3) is 0.250. The molecule has 0 saturated heterocycles. The molecule has 0 radical (unpaired) electrons. The van der Waals surface area contributed by atoms with E-state index >= 15 is 0 Å². The lowest BCUT2D eigenvalue weighted by atomic mass is 9.88. The molecule has 2 aromatic carbocycles. The number of benzene rings is 2. The Hall–Kier alpha value is -1.76. The van der Waals surface area contributed by atoms with Gasteiger partial charge in [0.05, 0.1) is 0 Å². The Balaban J connectivity index is 2.48. The first kappa shape index (κ1) is 11.7. The van der Waals surface area contributed by atoms with Gasteiger partial charge in [0.15, 0.2) is 0 Å². The SMILES string of the molecule is Cc1cc(C)c(C(C)c2ccccc2)c(O)c1. The first-order valence-electron chi connectivity index (χ1n) is 5.94. The molecular formula is C16H18O. The van der Waals surface area contributed by atoms with Crippen LogP contribution >= 0.6 is 0 Å². The standard InChI is InChI=1S/C16H18O/c1-11-9-12(2)16(15(17)10-11)13(3)14-7-5-4-6-8-14/h4-10,13,17H,1-3H3. The largest absolute Gasteiger partial charge is 0.508 e. The van der Waals surface area contributed by atoms with E-state index in [1.54, 1.807) is 0 Å². The summed E-state index contributed by atoms with van der Waals surface area (Å²) in [6, 6.07) is 14.2. The second kappa shape index (κ2) is 4.62. The summed E-state index contributed by atoms with van der Waals surface area (Å²) in [6.07, 6.45) is 0. The van der Waals surface area contributed by atoms with Gasteiger partial charge in [0, 0.05) is 11.5 Å². The van der Waals surface area contributed by atoms with Crippen molar-refractivity contribution < 1.29 is 5.11 Å². The molecule has 0 fully saturated rings. The van der Waals surface area contributed by atoms with Gasteiger partial charge in [-0.15, -0.1) is 0 Å². The van der Waals surface area contributed by atoms with E-state index in [4.69, 9.17) is 0 Å². The number of rotatable bonds is 2. The van der Waals surface area contributed by atoms with Crippen molar-refractivity contribution in [3.8, 4) is 5.75 Å². The highest BCUT2D eigenvalue weighted by atomic mass is 16.3. The Morgan fingerprint density at radius 2 is 1.65 bits per heavy atom. The summed E-state index contributed by atoms with van der Waals surface area (Å²) in [5.41, 5.74) is 4.51. The maximum absolute atomic E-state index is 10.1. The number of phenolic OH excluding ortho intramolecular Hbond substituents is 1. The minimum atomic E-state index is 0.219. The molecule has 1 unspecified atom stereocenters. The molecule has 0 aliphatic carbocycles. The molecule has 0 aliphatic heterocycles. The second-order valence-corrected chi connectivity index (χ2v) is 4.65. The third-order valence-electron chi connectivity index (χ3n) is 3.24. The lowest BCUT2D eigenvalue weighted by molar-refractivity contribution is 0.465. The molecule has 1 N–H and O–H groups in total. The maximum atomic E-state index is 10.1. The topological polar surface area (TPSA) is 20.2 Å². The average molecular weight is 226 g/mol. The normalized spacial score (nSPS) is 12.4. The van der Waals surface area contributed by atoms with Crippen LogP contribution in [-0.4, -0.2) is 5.11 Å². The van der Waals surface area contributed by atoms with E-state index in [9.17, 15) is 5.11 Å². The number of hydrogen-bond donors (Lipinski definition) is 1. The predicted octanol–water partition coefficient (Wildman–Crippen LogP) is 4.16. The van der Waals surface area contributed by atoms with E-state index < -0.39 is 0 Å². The smallest absolute Gasteiger partial charge is 0.119 e. The second-order valence-electron chi connectivity index (χ2n) is 4.65. The van der Waals surface area contributed by atoms with Crippen molar-refractivity contribution in [2.45, 2.75) is 26.7 Å². The molecule has 1 heteroatoms. The molecule has 17 heavy (non-hydrogen) atoms. The highest BCUT2D eigenvalue weighted by Gasteiger charge is 2.15. The summed E-state index contributed by atoms with van der Waals surface area (Å²) in [5, 5.41) is 10.1. The molecule has 0 bridgehead atoms. The Labute approximate surface area is 103 Å². The van der Waals surface area contributed by atoms with Crippen molar-refractivity contribution in [2.24, 2.45) is 0 Å². The zero-order valence-electron chi connectivity index (χ0n) is 10.6. The molecule has 2 rings (SSSR count). The number of aromatic hydroxyl groups is 1. The molecule has 0 amide bonds. The van der Waals surface area contributed by atoms with Crippen LogP contribution in [0.3, 0.4) is 0 Å². The van der Waals surface area contributed by atoms with Gasteiger partial charge in [-0.1, -0.05) is 43.3 Å². The molecular weight excluding hydrogens is 208 g/mol. The zero-order valence-corrected chi connectivity index (χ0v) is 10.6. The number of hydrogen-bond acceptors (Lipinski definition) is 1. The molecule has 0 heterocycles. The minimum Gasteiger partial charge on any atom is -0.508 e. The van der Waals surface area contributed by atoms with E-state index in [0.717, 1.165) is 16.7 Å². The van der Waals surface area contributed by atoms with Crippen LogP contribution in [-0.2, 0) is 0 Å². The highest BCUT2D eigenvalue weighted by Crippen LogP contribution is 2.34. The Morgan fingerprint density at radius 1 is 1.00 bits per heavy atom. The number of phenols is 1. The third-order valence-corrected chi connectivity index (χ3v) is 3.24. The van der Waals surface area contributed by atoms with E-state index in [-0.39, 0.29) is 5.92 Å². The third kappa shape index (κ3) is 2.33. The van der Waals surface area contributed by atoms with Gasteiger partial charge in [-0.2, -0.15) is 0 Å². The zero-order chi connectivity index (χ0) is 12.4. The first-order valence-corrected chi connectivity index (χ1v) is 5.94. The van der Waals surface area contributed by atoms with Crippen molar-refractivity contribution in [2.75, 3.05) is 0 Å². The van der Waals surface area contributed by atoms with Crippen LogP contribution in [0, 0.1) is 13.8 Å². The van der Waals surface area contributed by atoms with Gasteiger partial charge in [-0.05, 0) is 36.6 Å². The number of aryl methyl sites for hydroxylation is 2. The molecule has 1 atom stereocenters. The fourth-order valence-electron chi connectivity index (χ4n) is 2.43. The molecule has 2 aromatic rings. The van der Waals surface area contributed by atoms with Gasteiger partial charge in [-0.25, -0.2) is 0 Å². The molecule has 0 aromatic heterocycles. The minimum absolute atomic E-state index is 0.219. The van der Waals surface area contributed by atoms with Gasteiger partial charge < -0.3 is 5.11 Å². The monoisotopic (exact) mass is 226 g/mol. The summed E-state index contributed by atoms with van der Waals surface area (Å²) in [5.74, 6) is 0.621. The average Bonchev–Trinajstić information content (AvgIpc) is 2.28. The van der Waals surface area contributed by atoms with Gasteiger partial charge in [0.25, 0.3) is 0 Å². The van der Waals surface area contributed by atoms with Gasteiger partial charge in [-0.3, -0.25) is 0 Å². The maximum Gasteiger partial charge on any atom is 0.119 e. The highest BCUT2D eigenvalue weighted by molar-refractivity contribution is 5.47. The molecule has 0 saturated carbocycles. The molecule has 88 valence electrons. The Morgan fingerprint density at radius 3 is 2.24 bits per heavy atom. The lowest BCUT2D eigenvalue weighted by Gasteiger charge is -2.17. The molecule has 0 aliphatic rings. The Kier molecular flexibility index (Phi) is 3.19. The van der Waals surface area contributed by atoms with E-state index in [1.165, 1.54) is 5.56 Å². The van der Waals surface area contributed by atoms with Crippen LogP contribution in [0.5, 0.6) is 5.75 Å².